The predicted octanol–water partition coefficient (Wildman–Crippen LogP) is 2.27. The summed E-state index contributed by atoms with van der Waals surface area (Å²) in [5, 5.41) is 19.2. The zero-order chi connectivity index (χ0) is 13.0. The molecule has 0 saturated heterocycles. The molecule has 17 heavy (non-hydrogen) atoms. The van der Waals surface area contributed by atoms with E-state index in [9.17, 15) is 14.9 Å². The van der Waals surface area contributed by atoms with E-state index in [1.54, 1.807) is 0 Å². The number of halogens is 1. The normalized spacial score (nSPS) is 9.71. The Morgan fingerprint density at radius 1 is 1.59 bits per heavy atom. The Morgan fingerprint density at radius 2 is 2.24 bits per heavy atom. The fraction of sp³-hybridized carbons (Fsp3) is 0.100. The molecule has 0 unspecified atom stereocenters. The number of hydrogen-bond acceptors (Lipinski definition) is 4. The molecular weight excluding hydrogens is 250 g/mol. The van der Waals surface area contributed by atoms with Crippen LogP contribution in [0.1, 0.15) is 0 Å². The van der Waals surface area contributed by atoms with E-state index in [0.717, 1.165) is 0 Å². The third-order valence-electron chi connectivity index (χ3n) is 1.84. The van der Waals surface area contributed by atoms with Crippen molar-refractivity contribution in [2.45, 2.75) is 0 Å². The highest BCUT2D eigenvalue weighted by atomic mass is 35.5. The van der Waals surface area contributed by atoms with Gasteiger partial charge < -0.3 is 9.84 Å². The minimum absolute atomic E-state index is 0.0755. The third kappa shape index (κ3) is 3.18. The number of carboxylic acid groups (broad SMARTS) is 1. The largest absolute Gasteiger partial charge is 0.482 e. The number of ether oxygens (including phenoxy) is 1. The number of nitro benzene ring substituents is 1. The number of carbonyl (C=O) groups is 1. The molecular formula is C10H8ClNO5. The first-order chi connectivity index (χ1) is 7.93. The van der Waals surface area contributed by atoms with Crippen molar-refractivity contribution in [3.63, 3.8) is 0 Å². The summed E-state index contributed by atoms with van der Waals surface area (Å²) >= 11 is 5.64. The van der Waals surface area contributed by atoms with E-state index in [-0.39, 0.29) is 23.0 Å². The number of nitro groups is 1. The zero-order valence-electron chi connectivity index (χ0n) is 8.55. The molecule has 6 nitrogen and oxygen atoms in total. The van der Waals surface area contributed by atoms with E-state index in [0.29, 0.717) is 0 Å². The molecule has 0 aliphatic heterocycles. The van der Waals surface area contributed by atoms with E-state index in [4.69, 9.17) is 21.4 Å². The van der Waals surface area contributed by atoms with E-state index in [1.807, 2.05) is 0 Å². The molecule has 1 rings (SSSR count). The van der Waals surface area contributed by atoms with Crippen LogP contribution in [-0.2, 0) is 4.79 Å². The van der Waals surface area contributed by atoms with Gasteiger partial charge in [0.2, 0.25) is 0 Å². The number of benzene rings is 1. The molecule has 0 spiro atoms. The molecule has 0 aromatic heterocycles. The molecule has 0 bridgehead atoms. The lowest BCUT2D eigenvalue weighted by Gasteiger charge is -2.06. The van der Waals surface area contributed by atoms with Crippen LogP contribution in [0.25, 0.3) is 0 Å². The maximum atomic E-state index is 10.7. The molecule has 0 aliphatic carbocycles. The highest BCUT2D eigenvalue weighted by Crippen LogP contribution is 2.34. The standard InChI is InChI=1S/C10H8ClNO5/c1-6(10(13)14)5-17-8-4-2-3-7(11)9(8)12(15)16/h2-4H,1,5H2,(H,13,14). The second kappa shape index (κ2) is 5.31. The summed E-state index contributed by atoms with van der Waals surface area (Å²) in [6.45, 7) is 2.89. The van der Waals surface area contributed by atoms with Crippen LogP contribution in [0.4, 0.5) is 5.69 Å². The van der Waals surface area contributed by atoms with Gasteiger partial charge >= 0.3 is 11.7 Å². The average molecular weight is 258 g/mol. The van der Waals surface area contributed by atoms with Crippen LogP contribution in [0.2, 0.25) is 5.02 Å². The maximum Gasteiger partial charge on any atom is 0.334 e. The fourth-order valence-corrected chi connectivity index (χ4v) is 1.25. The number of carboxylic acids is 1. The van der Waals surface area contributed by atoms with Crippen molar-refractivity contribution >= 4 is 23.3 Å². The van der Waals surface area contributed by atoms with Gasteiger partial charge in [-0.05, 0) is 12.1 Å². The van der Waals surface area contributed by atoms with E-state index >= 15 is 0 Å². The van der Waals surface area contributed by atoms with Crippen LogP contribution >= 0.6 is 11.6 Å². The minimum Gasteiger partial charge on any atom is -0.482 e. The van der Waals surface area contributed by atoms with Gasteiger partial charge in [-0.2, -0.15) is 0 Å². The summed E-state index contributed by atoms with van der Waals surface area (Å²) in [5.74, 6) is -1.32. The van der Waals surface area contributed by atoms with Crippen molar-refractivity contribution in [3.8, 4) is 5.75 Å². The maximum absolute atomic E-state index is 10.7. The van der Waals surface area contributed by atoms with E-state index in [1.165, 1.54) is 18.2 Å². The summed E-state index contributed by atoms with van der Waals surface area (Å²) in [5.41, 5.74) is -0.605. The molecule has 0 atom stereocenters. The number of aliphatic carboxylic acids is 1. The Labute approximate surface area is 101 Å². The monoisotopic (exact) mass is 257 g/mol. The van der Waals surface area contributed by atoms with Crippen LogP contribution < -0.4 is 4.74 Å². The lowest BCUT2D eigenvalue weighted by molar-refractivity contribution is -0.385. The molecule has 0 amide bonds. The van der Waals surface area contributed by atoms with Crippen molar-refractivity contribution in [1.82, 2.24) is 0 Å². The highest BCUT2D eigenvalue weighted by Gasteiger charge is 2.20. The first-order valence-corrected chi connectivity index (χ1v) is 4.78. The van der Waals surface area contributed by atoms with Crippen LogP contribution in [0, 0.1) is 10.1 Å². The fourth-order valence-electron chi connectivity index (χ4n) is 1.02. The van der Waals surface area contributed by atoms with Gasteiger partial charge in [0.15, 0.2) is 5.75 Å². The van der Waals surface area contributed by atoms with Gasteiger partial charge in [-0.3, -0.25) is 10.1 Å². The van der Waals surface area contributed by atoms with Crippen LogP contribution in [0.5, 0.6) is 5.75 Å². The smallest absolute Gasteiger partial charge is 0.334 e. The van der Waals surface area contributed by atoms with Crippen molar-refractivity contribution in [2.75, 3.05) is 6.61 Å². The summed E-state index contributed by atoms with van der Waals surface area (Å²) < 4.78 is 5.00. The Kier molecular flexibility index (Phi) is 4.06. The van der Waals surface area contributed by atoms with Crippen LogP contribution in [-0.4, -0.2) is 22.6 Å². The lowest BCUT2D eigenvalue weighted by atomic mass is 10.3. The Balaban J connectivity index is 2.92. The highest BCUT2D eigenvalue weighted by molar-refractivity contribution is 6.32. The molecule has 0 heterocycles. The van der Waals surface area contributed by atoms with E-state index < -0.39 is 16.6 Å². The van der Waals surface area contributed by atoms with Gasteiger partial charge in [-0.1, -0.05) is 24.2 Å². The topological polar surface area (TPSA) is 89.7 Å². The Hall–Kier alpha value is -2.08. The quantitative estimate of drug-likeness (QED) is 0.496. The number of hydrogen-bond donors (Lipinski definition) is 1. The summed E-state index contributed by atoms with van der Waals surface area (Å²) in [6, 6.07) is 4.14. The van der Waals surface area contributed by atoms with Gasteiger partial charge in [-0.15, -0.1) is 0 Å². The molecule has 0 saturated carbocycles. The van der Waals surface area contributed by atoms with Crippen LogP contribution in [0.15, 0.2) is 30.4 Å². The second-order valence-corrected chi connectivity index (χ2v) is 3.45. The molecule has 0 fully saturated rings. The van der Waals surface area contributed by atoms with Crippen molar-refractivity contribution < 1.29 is 19.6 Å². The first-order valence-electron chi connectivity index (χ1n) is 4.40. The summed E-state index contributed by atoms with van der Waals surface area (Å²) in [7, 11) is 0. The number of rotatable bonds is 5. The van der Waals surface area contributed by atoms with Gasteiger partial charge in [0, 0.05) is 0 Å². The molecule has 90 valence electrons. The molecule has 1 aromatic rings. The van der Waals surface area contributed by atoms with Crippen LogP contribution in [0.3, 0.4) is 0 Å². The lowest BCUT2D eigenvalue weighted by Crippen LogP contribution is -2.09. The van der Waals surface area contributed by atoms with Crippen molar-refractivity contribution in [3.05, 3.63) is 45.5 Å². The predicted molar refractivity (Wildman–Crippen MR) is 60.4 cm³/mol. The zero-order valence-corrected chi connectivity index (χ0v) is 9.31. The average Bonchev–Trinajstić information content (AvgIpc) is 2.24. The van der Waals surface area contributed by atoms with E-state index in [2.05, 4.69) is 6.58 Å². The Bertz CT molecular complexity index is 486. The number of para-hydroxylation sites is 1. The summed E-state index contributed by atoms with van der Waals surface area (Å²) in [6.07, 6.45) is 0. The van der Waals surface area contributed by atoms with Gasteiger partial charge in [-0.25, -0.2) is 4.79 Å². The van der Waals surface area contributed by atoms with Gasteiger partial charge in [0.05, 0.1) is 10.5 Å². The SMILES string of the molecule is C=C(COc1cccc(Cl)c1[N+](=O)[O-])C(=O)O. The third-order valence-corrected chi connectivity index (χ3v) is 2.14. The minimum atomic E-state index is -1.23. The van der Waals surface area contributed by atoms with Crippen molar-refractivity contribution in [2.24, 2.45) is 0 Å². The molecule has 7 heteroatoms. The molecule has 0 aliphatic rings. The molecule has 0 radical (unpaired) electrons. The Morgan fingerprint density at radius 3 is 2.76 bits per heavy atom. The second-order valence-electron chi connectivity index (χ2n) is 3.04. The number of nitrogens with zero attached hydrogens (tertiary/aromatic N) is 1. The molecule has 1 aromatic carbocycles. The van der Waals surface area contributed by atoms with Gasteiger partial charge in [0.1, 0.15) is 11.6 Å². The van der Waals surface area contributed by atoms with Gasteiger partial charge in [0.25, 0.3) is 0 Å². The van der Waals surface area contributed by atoms with Crippen molar-refractivity contribution in [1.29, 1.82) is 0 Å². The first kappa shape index (κ1) is 13.0. The summed E-state index contributed by atoms with van der Waals surface area (Å²) in [4.78, 5) is 20.5. The molecule has 1 N–H and O–H groups in total.